The van der Waals surface area contributed by atoms with Crippen LogP contribution in [0, 0.1) is 17.2 Å². The lowest BCUT2D eigenvalue weighted by molar-refractivity contribution is -0.145. The Bertz CT molecular complexity index is 666. The van der Waals surface area contributed by atoms with Gasteiger partial charge in [-0.05, 0) is 37.8 Å². The molecule has 0 radical (unpaired) electrons. The van der Waals surface area contributed by atoms with Crippen LogP contribution in [0.2, 0.25) is 0 Å². The summed E-state index contributed by atoms with van der Waals surface area (Å²) in [5.74, 6) is -1.17. The molecular weight excluding hydrogens is 308 g/mol. The van der Waals surface area contributed by atoms with Crippen molar-refractivity contribution < 1.29 is 14.7 Å². The van der Waals surface area contributed by atoms with Gasteiger partial charge in [0.25, 0.3) is 0 Å². The molecule has 7 nitrogen and oxygen atoms in total. The predicted octanol–water partition coefficient (Wildman–Crippen LogP) is 1.51. The maximum absolute atomic E-state index is 12.5. The van der Waals surface area contributed by atoms with E-state index in [0.717, 1.165) is 6.42 Å². The van der Waals surface area contributed by atoms with Crippen LogP contribution in [0.25, 0.3) is 0 Å². The van der Waals surface area contributed by atoms with Crippen LogP contribution in [-0.2, 0) is 10.2 Å². The number of nitriles is 1. The highest BCUT2D eigenvalue weighted by atomic mass is 16.4. The minimum atomic E-state index is -0.808. The van der Waals surface area contributed by atoms with Crippen molar-refractivity contribution in [3.05, 3.63) is 30.1 Å². The lowest BCUT2D eigenvalue weighted by Gasteiger charge is -2.40. The van der Waals surface area contributed by atoms with Gasteiger partial charge in [0.1, 0.15) is 5.41 Å². The molecule has 1 unspecified atom stereocenters. The molecule has 1 atom stereocenters. The van der Waals surface area contributed by atoms with Gasteiger partial charge in [0.05, 0.1) is 17.7 Å². The van der Waals surface area contributed by atoms with Crippen molar-refractivity contribution >= 4 is 12.0 Å². The third-order valence-electron chi connectivity index (χ3n) is 4.96. The molecule has 1 saturated carbocycles. The number of nitrogens with zero attached hydrogens (tertiary/aromatic N) is 3. The van der Waals surface area contributed by atoms with Crippen molar-refractivity contribution in [3.8, 4) is 6.07 Å². The fourth-order valence-electron chi connectivity index (χ4n) is 3.44. The molecule has 7 heteroatoms. The zero-order valence-corrected chi connectivity index (χ0v) is 13.3. The van der Waals surface area contributed by atoms with Gasteiger partial charge in [0.2, 0.25) is 0 Å². The van der Waals surface area contributed by atoms with Crippen molar-refractivity contribution in [1.29, 1.82) is 5.26 Å². The fraction of sp³-hybridized carbons (Fsp3) is 0.529. The predicted molar refractivity (Wildman–Crippen MR) is 85.0 cm³/mol. The van der Waals surface area contributed by atoms with Gasteiger partial charge in [-0.15, -0.1) is 0 Å². The van der Waals surface area contributed by atoms with Gasteiger partial charge in [-0.1, -0.05) is 6.07 Å². The summed E-state index contributed by atoms with van der Waals surface area (Å²) in [6, 6.07) is 7.52. The molecule has 0 aromatic carbocycles. The molecule has 2 fully saturated rings. The second-order valence-electron chi connectivity index (χ2n) is 6.59. The largest absolute Gasteiger partial charge is 0.481 e. The van der Waals surface area contributed by atoms with Crippen LogP contribution >= 0.6 is 0 Å². The number of carbonyl (C=O) groups is 2. The maximum atomic E-state index is 12.5. The highest BCUT2D eigenvalue weighted by Crippen LogP contribution is 2.33. The number of urea groups is 1. The molecular formula is C17H20N4O3. The average Bonchev–Trinajstić information content (AvgIpc) is 2.58. The van der Waals surface area contributed by atoms with Crippen molar-refractivity contribution in [2.45, 2.75) is 37.1 Å². The van der Waals surface area contributed by atoms with Crippen LogP contribution in [0.3, 0.4) is 0 Å². The van der Waals surface area contributed by atoms with E-state index in [1.54, 1.807) is 17.2 Å². The van der Waals surface area contributed by atoms with E-state index in [2.05, 4.69) is 16.4 Å². The first-order valence-electron chi connectivity index (χ1n) is 8.15. The topological polar surface area (TPSA) is 106 Å². The lowest BCUT2D eigenvalue weighted by atomic mass is 9.78. The number of rotatable bonds is 3. The van der Waals surface area contributed by atoms with E-state index < -0.39 is 11.4 Å². The molecule has 24 heavy (non-hydrogen) atoms. The molecule has 2 heterocycles. The number of hydrogen-bond acceptors (Lipinski definition) is 4. The van der Waals surface area contributed by atoms with E-state index in [0.29, 0.717) is 38.0 Å². The Morgan fingerprint density at radius 3 is 2.83 bits per heavy atom. The molecule has 3 rings (SSSR count). The Kier molecular flexibility index (Phi) is 4.38. The quantitative estimate of drug-likeness (QED) is 0.875. The molecule has 0 bridgehead atoms. The second-order valence-corrected chi connectivity index (χ2v) is 6.59. The summed E-state index contributed by atoms with van der Waals surface area (Å²) in [4.78, 5) is 29.2. The number of carboxylic acid groups (broad SMARTS) is 1. The van der Waals surface area contributed by atoms with Gasteiger partial charge >= 0.3 is 12.0 Å². The number of hydrogen-bond donors (Lipinski definition) is 2. The van der Waals surface area contributed by atoms with E-state index in [4.69, 9.17) is 5.11 Å². The molecule has 2 amide bonds. The summed E-state index contributed by atoms with van der Waals surface area (Å²) in [6.07, 6.45) is 4.01. The summed E-state index contributed by atoms with van der Waals surface area (Å²) in [7, 11) is 0. The van der Waals surface area contributed by atoms with Gasteiger partial charge in [-0.3, -0.25) is 9.78 Å². The summed E-state index contributed by atoms with van der Waals surface area (Å²) < 4.78 is 0. The summed E-state index contributed by atoms with van der Waals surface area (Å²) in [5, 5.41) is 21.5. The number of amides is 2. The van der Waals surface area contributed by atoms with Crippen LogP contribution in [-0.4, -0.2) is 46.1 Å². The van der Waals surface area contributed by atoms with Crippen LogP contribution in [0.1, 0.15) is 31.4 Å². The smallest absolute Gasteiger partial charge is 0.317 e. The average molecular weight is 328 g/mol. The number of aliphatic carboxylic acids is 1. The molecule has 1 aromatic rings. The minimum Gasteiger partial charge on any atom is -0.481 e. The number of carboxylic acids is 1. The number of piperidine rings is 1. The third-order valence-corrected chi connectivity index (χ3v) is 4.96. The Balaban J connectivity index is 1.64. The van der Waals surface area contributed by atoms with E-state index in [9.17, 15) is 14.9 Å². The first-order valence-corrected chi connectivity index (χ1v) is 8.15. The molecule has 1 aliphatic carbocycles. The standard InChI is InChI=1S/C17H20N4O3/c18-10-17(14-4-1-2-6-19-14)5-3-7-21(11-17)16(24)20-13-8-12(9-13)15(22)23/h1-2,4,6,12-13H,3,5,7-9,11H2,(H,20,24)(H,22,23). The van der Waals surface area contributed by atoms with E-state index in [1.165, 1.54) is 0 Å². The highest BCUT2D eigenvalue weighted by molar-refractivity contribution is 5.76. The second kappa shape index (κ2) is 6.48. The maximum Gasteiger partial charge on any atom is 0.317 e. The van der Waals surface area contributed by atoms with Crippen LogP contribution in [0.15, 0.2) is 24.4 Å². The zero-order chi connectivity index (χ0) is 17.2. The molecule has 1 aliphatic heterocycles. The van der Waals surface area contributed by atoms with Gasteiger partial charge in [0, 0.05) is 25.3 Å². The summed E-state index contributed by atoms with van der Waals surface area (Å²) >= 11 is 0. The SMILES string of the molecule is N#CC1(c2ccccn2)CCCN(C(=O)NC2CC(C(=O)O)C2)C1. The van der Waals surface area contributed by atoms with Crippen molar-refractivity contribution in [1.82, 2.24) is 15.2 Å². The zero-order valence-electron chi connectivity index (χ0n) is 13.3. The normalized spacial score (nSPS) is 29.2. The molecule has 2 aliphatic rings. The fourth-order valence-corrected chi connectivity index (χ4v) is 3.44. The summed E-state index contributed by atoms with van der Waals surface area (Å²) in [5.41, 5.74) is -0.0837. The number of pyridine rings is 1. The Morgan fingerprint density at radius 1 is 1.42 bits per heavy atom. The molecule has 1 saturated heterocycles. The van der Waals surface area contributed by atoms with Gasteiger partial charge < -0.3 is 15.3 Å². The Hall–Kier alpha value is -2.62. The number of aromatic nitrogens is 1. The summed E-state index contributed by atoms with van der Waals surface area (Å²) in [6.45, 7) is 0.901. The van der Waals surface area contributed by atoms with Gasteiger partial charge in [-0.2, -0.15) is 5.26 Å². The first kappa shape index (κ1) is 16.2. The van der Waals surface area contributed by atoms with E-state index in [-0.39, 0.29) is 18.0 Å². The van der Waals surface area contributed by atoms with Crippen molar-refractivity contribution in [2.75, 3.05) is 13.1 Å². The van der Waals surface area contributed by atoms with E-state index >= 15 is 0 Å². The van der Waals surface area contributed by atoms with E-state index in [1.807, 2.05) is 12.1 Å². The van der Waals surface area contributed by atoms with Crippen LogP contribution in [0.4, 0.5) is 4.79 Å². The van der Waals surface area contributed by atoms with Crippen molar-refractivity contribution in [3.63, 3.8) is 0 Å². The van der Waals surface area contributed by atoms with Gasteiger partial charge in [0.15, 0.2) is 0 Å². The minimum absolute atomic E-state index is 0.0909. The molecule has 126 valence electrons. The number of nitrogens with one attached hydrogen (secondary N) is 1. The Labute approximate surface area is 140 Å². The van der Waals surface area contributed by atoms with Crippen molar-refractivity contribution in [2.24, 2.45) is 5.92 Å². The number of carbonyl (C=O) groups excluding carboxylic acids is 1. The highest BCUT2D eigenvalue weighted by Gasteiger charge is 2.41. The number of likely N-dealkylation sites (tertiary alicyclic amines) is 1. The lowest BCUT2D eigenvalue weighted by Crippen LogP contribution is -2.55. The Morgan fingerprint density at radius 2 is 2.21 bits per heavy atom. The first-order chi connectivity index (χ1) is 11.5. The van der Waals surface area contributed by atoms with Gasteiger partial charge in [-0.25, -0.2) is 4.79 Å². The van der Waals surface area contributed by atoms with Crippen LogP contribution < -0.4 is 5.32 Å². The molecule has 1 aromatic heterocycles. The molecule has 0 spiro atoms. The third kappa shape index (κ3) is 3.04. The molecule has 2 N–H and O–H groups in total. The van der Waals surface area contributed by atoms with Crippen LogP contribution in [0.5, 0.6) is 0 Å². The monoisotopic (exact) mass is 328 g/mol.